The van der Waals surface area contributed by atoms with Crippen molar-refractivity contribution in [2.24, 2.45) is 4.99 Å². The zero-order valence-electron chi connectivity index (χ0n) is 18.4. The number of amides is 1. The molecule has 0 aromatic rings. The summed E-state index contributed by atoms with van der Waals surface area (Å²) >= 11 is 0. The summed E-state index contributed by atoms with van der Waals surface area (Å²) in [5.41, 5.74) is -0.483. The summed E-state index contributed by atoms with van der Waals surface area (Å²) in [6.45, 7) is 10.0. The average Bonchev–Trinajstić information content (AvgIpc) is 2.66. The Bertz CT molecular complexity index is 499. The molecule has 1 unspecified atom stereocenters. The lowest BCUT2D eigenvalue weighted by molar-refractivity contribution is -0.0721. The normalized spacial score (nSPS) is 21.3. The van der Waals surface area contributed by atoms with Gasteiger partial charge in [0, 0.05) is 39.8 Å². The van der Waals surface area contributed by atoms with Crippen LogP contribution in [0.4, 0.5) is 4.79 Å². The first-order chi connectivity index (χ1) is 13.4. The van der Waals surface area contributed by atoms with Gasteiger partial charge in [0.05, 0.1) is 18.8 Å². The minimum absolute atomic E-state index is 0. The first-order valence-corrected chi connectivity index (χ1v) is 10.5. The maximum absolute atomic E-state index is 11.7. The number of likely N-dealkylation sites (tertiary alicyclic amines) is 1. The van der Waals surface area contributed by atoms with Crippen molar-refractivity contribution in [3.8, 4) is 0 Å². The Hall–Kier alpha value is -0.810. The van der Waals surface area contributed by atoms with Crippen LogP contribution < -0.4 is 10.6 Å². The van der Waals surface area contributed by atoms with Gasteiger partial charge in [-0.25, -0.2) is 4.79 Å². The Labute approximate surface area is 192 Å². The van der Waals surface area contributed by atoms with Gasteiger partial charge in [-0.1, -0.05) is 0 Å². The Morgan fingerprint density at radius 1 is 1.14 bits per heavy atom. The number of carbonyl (C=O) groups excluding carboxylic acids is 1. The first-order valence-electron chi connectivity index (χ1n) is 10.5. The van der Waals surface area contributed by atoms with Gasteiger partial charge in [-0.05, 0) is 52.9 Å². The van der Waals surface area contributed by atoms with Crippen LogP contribution in [0.3, 0.4) is 0 Å². The minimum atomic E-state index is -0.483. The second-order valence-corrected chi connectivity index (χ2v) is 8.41. The molecule has 0 aromatic carbocycles. The van der Waals surface area contributed by atoms with E-state index in [0.717, 1.165) is 44.9 Å². The van der Waals surface area contributed by atoms with Gasteiger partial charge in [-0.3, -0.25) is 4.99 Å². The third kappa shape index (κ3) is 10.7. The molecule has 2 heterocycles. The predicted octanol–water partition coefficient (Wildman–Crippen LogP) is 2.75. The number of nitrogens with zero attached hydrogens (tertiary/aromatic N) is 2. The van der Waals surface area contributed by atoms with E-state index in [1.165, 1.54) is 12.8 Å². The summed E-state index contributed by atoms with van der Waals surface area (Å²) in [4.78, 5) is 18.3. The maximum atomic E-state index is 11.7. The molecule has 2 N–H and O–H groups in total. The second kappa shape index (κ2) is 13.5. The van der Waals surface area contributed by atoms with Crippen LogP contribution in [-0.2, 0) is 14.2 Å². The van der Waals surface area contributed by atoms with Crippen LogP contribution >= 0.6 is 24.0 Å². The lowest BCUT2D eigenvalue weighted by Crippen LogP contribution is -2.48. The second-order valence-electron chi connectivity index (χ2n) is 8.41. The number of nitrogens with one attached hydrogen (secondary N) is 2. The number of guanidine groups is 1. The Balaban J connectivity index is 0.00000420. The predicted molar refractivity (Wildman–Crippen MR) is 125 cm³/mol. The van der Waals surface area contributed by atoms with Gasteiger partial charge in [-0.2, -0.15) is 0 Å². The van der Waals surface area contributed by atoms with E-state index in [2.05, 4.69) is 20.5 Å². The average molecular weight is 526 g/mol. The number of ether oxygens (including phenoxy) is 3. The van der Waals surface area contributed by atoms with Crippen molar-refractivity contribution in [1.29, 1.82) is 0 Å². The molecule has 2 rings (SSSR count). The molecule has 0 aromatic heterocycles. The van der Waals surface area contributed by atoms with Crippen LogP contribution in [0.1, 0.15) is 52.9 Å². The lowest BCUT2D eigenvalue weighted by Gasteiger charge is -2.35. The zero-order chi connectivity index (χ0) is 20.4. The van der Waals surface area contributed by atoms with E-state index in [9.17, 15) is 4.79 Å². The van der Waals surface area contributed by atoms with E-state index >= 15 is 0 Å². The van der Waals surface area contributed by atoms with E-state index in [-0.39, 0.29) is 30.1 Å². The first kappa shape index (κ1) is 26.2. The van der Waals surface area contributed by atoms with E-state index in [4.69, 9.17) is 14.2 Å². The van der Waals surface area contributed by atoms with Crippen molar-refractivity contribution in [3.63, 3.8) is 0 Å². The topological polar surface area (TPSA) is 84.4 Å². The maximum Gasteiger partial charge on any atom is 0.407 e. The van der Waals surface area contributed by atoms with Gasteiger partial charge in [0.15, 0.2) is 5.96 Å². The molecule has 1 atom stereocenters. The van der Waals surface area contributed by atoms with Crippen LogP contribution in [0.25, 0.3) is 0 Å². The van der Waals surface area contributed by atoms with Crippen molar-refractivity contribution < 1.29 is 19.0 Å². The number of hydrogen-bond donors (Lipinski definition) is 2. The van der Waals surface area contributed by atoms with Crippen LogP contribution in [0.2, 0.25) is 0 Å². The highest BCUT2D eigenvalue weighted by Gasteiger charge is 2.23. The summed E-state index contributed by atoms with van der Waals surface area (Å²) in [7, 11) is 1.78. The Morgan fingerprint density at radius 2 is 1.83 bits per heavy atom. The molecule has 170 valence electrons. The highest BCUT2D eigenvalue weighted by molar-refractivity contribution is 14.0. The monoisotopic (exact) mass is 526 g/mol. The summed E-state index contributed by atoms with van der Waals surface area (Å²) in [5.74, 6) is 0.861. The number of aliphatic imine (C=N–C) groups is 1. The third-order valence-electron chi connectivity index (χ3n) is 4.82. The molecule has 29 heavy (non-hydrogen) atoms. The smallest absolute Gasteiger partial charge is 0.407 e. The SMILES string of the molecule is CN=C(NCCNC(=O)OC(C)(C)C)N1CCC(OCC2CCCCO2)CC1.I. The largest absolute Gasteiger partial charge is 0.444 e. The molecule has 2 aliphatic heterocycles. The van der Waals surface area contributed by atoms with E-state index in [1.807, 2.05) is 20.8 Å². The summed E-state index contributed by atoms with van der Waals surface area (Å²) in [6, 6.07) is 0. The van der Waals surface area contributed by atoms with Crippen molar-refractivity contribution in [1.82, 2.24) is 15.5 Å². The molecule has 0 saturated carbocycles. The molecule has 2 saturated heterocycles. The zero-order valence-corrected chi connectivity index (χ0v) is 20.7. The van der Waals surface area contributed by atoms with Crippen LogP contribution in [-0.4, -0.2) is 81.2 Å². The molecule has 0 spiro atoms. The van der Waals surface area contributed by atoms with Gasteiger partial charge in [-0.15, -0.1) is 24.0 Å². The van der Waals surface area contributed by atoms with E-state index in [1.54, 1.807) is 7.05 Å². The molecule has 2 aliphatic rings. The molecule has 0 radical (unpaired) electrons. The van der Waals surface area contributed by atoms with Gasteiger partial charge in [0.2, 0.25) is 0 Å². The Kier molecular flexibility index (Phi) is 12.2. The fourth-order valence-electron chi connectivity index (χ4n) is 3.40. The summed E-state index contributed by atoms with van der Waals surface area (Å²) < 4.78 is 17.0. The number of carbonyl (C=O) groups is 1. The number of halogens is 1. The summed E-state index contributed by atoms with van der Waals surface area (Å²) in [5, 5.41) is 6.05. The molecule has 2 fully saturated rings. The Morgan fingerprint density at radius 3 is 2.41 bits per heavy atom. The lowest BCUT2D eigenvalue weighted by atomic mass is 10.1. The third-order valence-corrected chi connectivity index (χ3v) is 4.82. The van der Waals surface area contributed by atoms with Crippen LogP contribution in [0, 0.1) is 0 Å². The van der Waals surface area contributed by atoms with Gasteiger partial charge >= 0.3 is 6.09 Å². The van der Waals surface area contributed by atoms with Gasteiger partial charge < -0.3 is 29.7 Å². The van der Waals surface area contributed by atoms with Crippen molar-refractivity contribution >= 4 is 36.0 Å². The van der Waals surface area contributed by atoms with Gasteiger partial charge in [0.1, 0.15) is 5.60 Å². The number of piperidine rings is 1. The molecule has 8 nitrogen and oxygen atoms in total. The highest BCUT2D eigenvalue weighted by atomic mass is 127. The summed E-state index contributed by atoms with van der Waals surface area (Å²) in [6.07, 6.45) is 5.70. The minimum Gasteiger partial charge on any atom is -0.444 e. The van der Waals surface area contributed by atoms with E-state index in [0.29, 0.717) is 25.8 Å². The molecule has 1 amide bonds. The number of hydrogen-bond acceptors (Lipinski definition) is 5. The molecular formula is C20H39IN4O4. The van der Waals surface area contributed by atoms with E-state index < -0.39 is 11.7 Å². The van der Waals surface area contributed by atoms with Crippen molar-refractivity contribution in [2.45, 2.75) is 70.7 Å². The standard InChI is InChI=1S/C20H38N4O4.HI/c1-20(2,3)28-19(25)23-11-10-22-18(21-4)24-12-8-16(9-13-24)27-15-17-7-5-6-14-26-17;/h16-17H,5-15H2,1-4H3,(H,21,22)(H,23,25);1H. The van der Waals surface area contributed by atoms with Crippen molar-refractivity contribution in [3.05, 3.63) is 0 Å². The fraction of sp³-hybridized carbons (Fsp3) is 0.900. The number of alkyl carbamates (subject to hydrolysis) is 1. The number of rotatable bonds is 6. The fourth-order valence-corrected chi connectivity index (χ4v) is 3.40. The van der Waals surface area contributed by atoms with Crippen molar-refractivity contribution in [2.75, 3.05) is 46.4 Å². The van der Waals surface area contributed by atoms with Gasteiger partial charge in [0.25, 0.3) is 0 Å². The molecule has 9 heteroatoms. The molecule has 0 bridgehead atoms. The molecular weight excluding hydrogens is 487 g/mol. The molecule has 0 aliphatic carbocycles. The highest BCUT2D eigenvalue weighted by Crippen LogP contribution is 2.17. The van der Waals surface area contributed by atoms with Crippen LogP contribution in [0.15, 0.2) is 4.99 Å². The quantitative estimate of drug-likeness (QED) is 0.240. The van der Waals surface area contributed by atoms with Crippen LogP contribution in [0.5, 0.6) is 0 Å².